The highest BCUT2D eigenvalue weighted by Gasteiger charge is 2.27. The van der Waals surface area contributed by atoms with Gasteiger partial charge in [-0.25, -0.2) is 0 Å². The molecule has 1 N–H and O–H groups in total. The Morgan fingerprint density at radius 1 is 1.34 bits per heavy atom. The quantitative estimate of drug-likeness (QED) is 0.185. The fourth-order valence-corrected chi connectivity index (χ4v) is 5.63. The predicted molar refractivity (Wildman–Crippen MR) is 149 cm³/mol. The fraction of sp³-hybridized carbons (Fsp3) is 0.346. The molecule has 1 aromatic carbocycles. The number of carbonyl (C=O) groups excluding carboxylic acids is 1. The number of nitrogens with zero attached hydrogens (tertiary/aromatic N) is 6. The fourth-order valence-electron chi connectivity index (χ4n) is 4.63. The van der Waals surface area contributed by atoms with E-state index in [9.17, 15) is 9.90 Å². The van der Waals surface area contributed by atoms with E-state index in [-0.39, 0.29) is 29.7 Å². The number of fused-ring (bicyclic) bond motifs is 1. The third kappa shape index (κ3) is 5.92. The lowest BCUT2D eigenvalue weighted by Gasteiger charge is -2.36. The van der Waals surface area contributed by atoms with Crippen molar-refractivity contribution in [3.05, 3.63) is 64.4 Å². The van der Waals surface area contributed by atoms with E-state index in [1.54, 1.807) is 19.4 Å². The molecule has 1 amide bonds. The first kappa shape index (κ1) is 26.4. The largest absolute Gasteiger partial charge is 0.493 e. The number of halogens is 1. The third-order valence-electron chi connectivity index (χ3n) is 6.44. The Kier molecular flexibility index (Phi) is 8.40. The lowest BCUT2D eigenvalue weighted by molar-refractivity contribution is -0.122. The average Bonchev–Trinajstić information content (AvgIpc) is 3.56. The van der Waals surface area contributed by atoms with Gasteiger partial charge in [-0.2, -0.15) is 0 Å². The Balaban J connectivity index is 1.35. The van der Waals surface area contributed by atoms with Gasteiger partial charge in [0.25, 0.3) is 0 Å². The summed E-state index contributed by atoms with van der Waals surface area (Å²) in [7, 11) is 0. The summed E-state index contributed by atoms with van der Waals surface area (Å²) in [5.74, 6) is -0.675. The first-order chi connectivity index (χ1) is 18.5. The maximum atomic E-state index is 12.3. The number of pyridine rings is 1. The van der Waals surface area contributed by atoms with Crippen molar-refractivity contribution in [1.29, 1.82) is 0 Å². The van der Waals surface area contributed by atoms with Gasteiger partial charge in [0.05, 0.1) is 18.4 Å². The highest BCUT2D eigenvalue weighted by Crippen LogP contribution is 2.41. The average molecular weight is 600 g/mol. The van der Waals surface area contributed by atoms with Gasteiger partial charge in [-0.1, -0.05) is 45.3 Å². The van der Waals surface area contributed by atoms with E-state index in [1.165, 1.54) is 11.8 Å². The van der Waals surface area contributed by atoms with Crippen LogP contribution in [0.3, 0.4) is 0 Å². The molecule has 0 bridgehead atoms. The van der Waals surface area contributed by atoms with E-state index < -0.39 is 5.91 Å². The molecule has 2 aliphatic rings. The summed E-state index contributed by atoms with van der Waals surface area (Å²) in [5.41, 5.74) is 2.51. The van der Waals surface area contributed by atoms with Crippen LogP contribution >= 0.6 is 27.7 Å². The number of oxime groups is 1. The van der Waals surface area contributed by atoms with Gasteiger partial charge in [0, 0.05) is 40.2 Å². The van der Waals surface area contributed by atoms with Crippen LogP contribution in [0.15, 0.2) is 74.3 Å². The molecule has 3 aromatic rings. The number of aromatic nitrogens is 2. The minimum Gasteiger partial charge on any atom is -0.493 e. The maximum Gasteiger partial charge on any atom is 0.304 e. The van der Waals surface area contributed by atoms with Crippen molar-refractivity contribution in [3.63, 3.8) is 0 Å². The van der Waals surface area contributed by atoms with Gasteiger partial charge in [0.1, 0.15) is 5.71 Å². The summed E-state index contributed by atoms with van der Waals surface area (Å²) in [6.45, 7) is 2.72. The molecule has 198 valence electrons. The summed E-state index contributed by atoms with van der Waals surface area (Å²) < 4.78 is 7.97. The van der Waals surface area contributed by atoms with Gasteiger partial charge in [0.15, 0.2) is 17.7 Å². The predicted octanol–water partition coefficient (Wildman–Crippen LogP) is 6.25. The molecule has 0 spiro atoms. The molecule has 2 unspecified atom stereocenters. The lowest BCUT2D eigenvalue weighted by Crippen LogP contribution is -2.34. The van der Waals surface area contributed by atoms with Gasteiger partial charge < -0.3 is 14.7 Å². The van der Waals surface area contributed by atoms with E-state index in [2.05, 4.69) is 47.3 Å². The molecule has 2 aliphatic heterocycles. The smallest absolute Gasteiger partial charge is 0.304 e. The number of amides is 1. The van der Waals surface area contributed by atoms with Crippen LogP contribution in [0, 0.1) is 0 Å². The second-order valence-electron chi connectivity index (χ2n) is 8.99. The molecule has 0 saturated carbocycles. The van der Waals surface area contributed by atoms with E-state index in [1.807, 2.05) is 40.4 Å². The Bertz CT molecular complexity index is 1390. The number of carbonyl (C=O) groups is 1. The van der Waals surface area contributed by atoms with Gasteiger partial charge in [-0.15, -0.1) is 10.2 Å². The molecule has 1 saturated heterocycles. The van der Waals surface area contributed by atoms with E-state index >= 15 is 0 Å². The van der Waals surface area contributed by atoms with E-state index in [0.717, 1.165) is 41.4 Å². The van der Waals surface area contributed by atoms with Crippen LogP contribution in [-0.4, -0.2) is 49.8 Å². The zero-order chi connectivity index (χ0) is 26.5. The monoisotopic (exact) mass is 598 g/mol. The number of likely N-dealkylation sites (tertiary alicyclic amines) is 1. The number of hydrogen-bond acceptors (Lipinski definition) is 9. The maximum absolute atomic E-state index is 12.3. The summed E-state index contributed by atoms with van der Waals surface area (Å²) in [6, 6.07) is 9.93. The molecule has 10 nitrogen and oxygen atoms in total. The van der Waals surface area contributed by atoms with Crippen LogP contribution < -0.4 is 0 Å². The second kappa shape index (κ2) is 12.1. The highest BCUT2D eigenvalue weighted by molar-refractivity contribution is 9.10. The normalized spacial score (nSPS) is 20.3. The summed E-state index contributed by atoms with van der Waals surface area (Å²) in [5, 5.41) is 25.6. The van der Waals surface area contributed by atoms with Crippen LogP contribution in [-0.2, 0) is 21.0 Å². The van der Waals surface area contributed by atoms with Gasteiger partial charge in [0.2, 0.25) is 5.88 Å². The first-order valence-corrected chi connectivity index (χ1v) is 14.0. The Hall–Kier alpha value is -3.22. The van der Waals surface area contributed by atoms with Crippen molar-refractivity contribution >= 4 is 55.9 Å². The Labute approximate surface area is 232 Å². The van der Waals surface area contributed by atoms with Crippen molar-refractivity contribution in [2.75, 3.05) is 13.2 Å². The van der Waals surface area contributed by atoms with E-state index in [0.29, 0.717) is 17.8 Å². The number of hydrogen-bond donors (Lipinski definition) is 1. The summed E-state index contributed by atoms with van der Waals surface area (Å²) in [6.07, 6.45) is 8.49. The van der Waals surface area contributed by atoms with Gasteiger partial charge in [-0.3, -0.25) is 19.2 Å². The minimum absolute atomic E-state index is 0.0529. The van der Waals surface area contributed by atoms with Crippen LogP contribution in [0.2, 0.25) is 0 Å². The molecule has 4 heterocycles. The number of thioether (sulfide) groups is 1. The van der Waals surface area contributed by atoms with Crippen LogP contribution in [0.25, 0.3) is 10.9 Å². The van der Waals surface area contributed by atoms with Crippen molar-refractivity contribution in [1.82, 2.24) is 14.5 Å². The van der Waals surface area contributed by atoms with Gasteiger partial charge in [-0.05, 0) is 49.6 Å². The number of aromatic hydroxyl groups is 1. The molecule has 5 rings (SSSR count). The number of piperidine rings is 1. The topological polar surface area (TPSA) is 114 Å². The molecule has 12 heteroatoms. The van der Waals surface area contributed by atoms with Crippen LogP contribution in [0.5, 0.6) is 5.88 Å². The number of rotatable bonds is 8. The number of azo groups is 1. The minimum atomic E-state index is -0.623. The molecule has 2 aromatic heterocycles. The summed E-state index contributed by atoms with van der Waals surface area (Å²) in [4.78, 5) is 24.1. The Morgan fingerprint density at radius 2 is 2.24 bits per heavy atom. The van der Waals surface area contributed by atoms with Crippen molar-refractivity contribution < 1.29 is 19.5 Å². The van der Waals surface area contributed by atoms with Crippen molar-refractivity contribution in [3.8, 4) is 5.88 Å². The van der Waals surface area contributed by atoms with Crippen LogP contribution in [0.1, 0.15) is 37.8 Å². The Morgan fingerprint density at radius 3 is 3.03 bits per heavy atom. The van der Waals surface area contributed by atoms with Crippen molar-refractivity contribution in [2.45, 2.75) is 44.3 Å². The molecule has 38 heavy (non-hydrogen) atoms. The molecular weight excluding hydrogens is 572 g/mol. The van der Waals surface area contributed by atoms with Gasteiger partial charge >= 0.3 is 5.91 Å². The number of ether oxygens (including phenoxy) is 1. The number of benzene rings is 1. The summed E-state index contributed by atoms with van der Waals surface area (Å²) >= 11 is 4.95. The molecule has 2 atom stereocenters. The lowest BCUT2D eigenvalue weighted by atomic mass is 9.97. The highest BCUT2D eigenvalue weighted by atomic mass is 79.9. The molecule has 1 fully saturated rings. The van der Waals surface area contributed by atoms with E-state index in [4.69, 9.17) is 9.57 Å². The molecular formula is C26H27BrN6O4S. The standard InChI is InChI=1S/C26H27BrN6O4S/c1-17(26-36-11-12-38-26)31-37-15-23(34)29-30-24-20-13-19(27)7-8-22(20)33(25(24)35)16-32-10-3-2-6-21(32)18-5-4-9-28-14-18/h4-5,7-9,11-14,21,26,35H,2-3,6,10,15-16H2,1H3. The zero-order valence-electron chi connectivity index (χ0n) is 20.7. The molecule has 0 radical (unpaired) electrons. The SMILES string of the molecule is CC(=NOCC(=O)N=Nc1c(O)n(CN2CCCCC2c2cccnc2)c2ccc(Br)cc12)C1OC=CS1. The zero-order valence-corrected chi connectivity index (χ0v) is 23.1. The third-order valence-corrected chi connectivity index (χ3v) is 7.90. The second-order valence-corrected chi connectivity index (χ2v) is 10.9. The molecule has 0 aliphatic carbocycles. The van der Waals surface area contributed by atoms with Crippen LogP contribution in [0.4, 0.5) is 5.69 Å². The van der Waals surface area contributed by atoms with Crippen molar-refractivity contribution in [2.24, 2.45) is 15.4 Å². The first-order valence-electron chi connectivity index (χ1n) is 12.2.